The van der Waals surface area contributed by atoms with Crippen molar-refractivity contribution in [2.24, 2.45) is 0 Å². The number of amides is 1. The van der Waals surface area contributed by atoms with E-state index in [-0.39, 0.29) is 11.7 Å². The van der Waals surface area contributed by atoms with Gasteiger partial charge in [0.15, 0.2) is 28.8 Å². The van der Waals surface area contributed by atoms with Crippen molar-refractivity contribution in [3.63, 3.8) is 0 Å². The Balaban J connectivity index is 2.05. The summed E-state index contributed by atoms with van der Waals surface area (Å²) in [5.41, 5.74) is -0.512. The minimum Gasteiger partial charge on any atom is -0.493 e. The summed E-state index contributed by atoms with van der Waals surface area (Å²) in [5.74, 6) is 1.66. The van der Waals surface area contributed by atoms with Gasteiger partial charge in [-0.25, -0.2) is 0 Å². The van der Waals surface area contributed by atoms with E-state index in [1.807, 2.05) is 18.2 Å². The molecule has 0 aliphatic carbocycles. The summed E-state index contributed by atoms with van der Waals surface area (Å²) in [4.78, 5) is 28.7. The van der Waals surface area contributed by atoms with Crippen molar-refractivity contribution in [2.75, 3.05) is 42.1 Å². The molecule has 1 atom stereocenters. The number of rotatable bonds is 5. The first kappa shape index (κ1) is 21.3. The molecule has 1 saturated heterocycles. The molecule has 1 fully saturated rings. The molecule has 0 spiro atoms. The molecule has 33 heavy (non-hydrogen) atoms. The van der Waals surface area contributed by atoms with E-state index >= 15 is 0 Å². The average molecular weight is 451 g/mol. The van der Waals surface area contributed by atoms with E-state index in [2.05, 4.69) is 0 Å². The smallest absolute Gasteiger partial charge is 0.257 e. The van der Waals surface area contributed by atoms with Gasteiger partial charge in [0.2, 0.25) is 5.72 Å². The number of nitrogens with zero attached hydrogens (tertiary/aromatic N) is 1. The summed E-state index contributed by atoms with van der Waals surface area (Å²) in [7, 11) is 7.70. The molecule has 0 aromatic heterocycles. The Kier molecular flexibility index (Phi) is 4.86. The van der Waals surface area contributed by atoms with Crippen LogP contribution in [0.1, 0.15) is 28.8 Å². The first-order valence-electron chi connectivity index (χ1n) is 10.6. The van der Waals surface area contributed by atoms with Crippen molar-refractivity contribution in [3.05, 3.63) is 35.4 Å². The molecule has 0 N–H and O–H groups in total. The molecule has 1 amide bonds. The molecule has 0 radical (unpaired) electrons. The van der Waals surface area contributed by atoms with Gasteiger partial charge in [0, 0.05) is 25.6 Å². The molecule has 8 nitrogen and oxygen atoms in total. The monoisotopic (exact) mass is 451 g/mol. The Morgan fingerprint density at radius 3 is 1.73 bits per heavy atom. The van der Waals surface area contributed by atoms with Crippen LogP contribution >= 0.6 is 0 Å². The average Bonchev–Trinajstić information content (AvgIpc) is 3.12. The number of Topliss-reactive ketones (excluding diaryl/α,β-unsaturated/α-hetero) is 1. The van der Waals surface area contributed by atoms with Gasteiger partial charge in [-0.2, -0.15) is 0 Å². The minimum absolute atomic E-state index is 0.140. The second-order valence-corrected chi connectivity index (χ2v) is 8.09. The number of carbonyl (C=O) groups is 2. The predicted molar refractivity (Wildman–Crippen MR) is 122 cm³/mol. The number of carbonyl (C=O) groups excluding carboxylic acids is 2. The molecule has 2 aliphatic heterocycles. The number of benzene rings is 3. The van der Waals surface area contributed by atoms with Gasteiger partial charge in [-0.15, -0.1) is 0 Å². The van der Waals surface area contributed by atoms with Crippen LogP contribution in [0, 0.1) is 0 Å². The molecule has 0 unspecified atom stereocenters. The van der Waals surface area contributed by atoms with Gasteiger partial charge >= 0.3 is 0 Å². The van der Waals surface area contributed by atoms with Crippen LogP contribution in [0.25, 0.3) is 21.5 Å². The van der Waals surface area contributed by atoms with Crippen LogP contribution < -0.4 is 18.9 Å². The maximum absolute atomic E-state index is 13.8. The number of methoxy groups -OCH3 is 5. The number of hydrogen-bond acceptors (Lipinski definition) is 7. The molecular weight excluding hydrogens is 426 g/mol. The van der Waals surface area contributed by atoms with Gasteiger partial charge < -0.3 is 23.7 Å². The van der Waals surface area contributed by atoms with Gasteiger partial charge in [0.1, 0.15) is 0 Å². The molecular formula is C25H25NO7. The standard InChI is InChI=1S/C25H25NO7/c1-29-17-9-13-14-10-18(30-2)20(32-4)12-16(14)23-22(15(13)11-19(17)31-3)24(28)26-8-6-7-21(27)25(23,26)33-5/h9-12H,6-8H2,1-5H3/t25-/m1/s1. The summed E-state index contributed by atoms with van der Waals surface area (Å²) in [6.07, 6.45) is 0.920. The minimum atomic E-state index is -1.48. The highest BCUT2D eigenvalue weighted by molar-refractivity contribution is 6.24. The highest BCUT2D eigenvalue weighted by atomic mass is 16.5. The van der Waals surface area contributed by atoms with E-state index in [1.165, 1.54) is 7.11 Å². The maximum Gasteiger partial charge on any atom is 0.257 e. The lowest BCUT2D eigenvalue weighted by Crippen LogP contribution is -2.54. The fourth-order valence-corrected chi connectivity index (χ4v) is 5.32. The third kappa shape index (κ3) is 2.61. The summed E-state index contributed by atoms with van der Waals surface area (Å²) < 4.78 is 28.1. The lowest BCUT2D eigenvalue weighted by molar-refractivity contribution is -0.169. The van der Waals surface area contributed by atoms with Crippen molar-refractivity contribution >= 4 is 33.2 Å². The van der Waals surface area contributed by atoms with Crippen molar-refractivity contribution < 1.29 is 33.3 Å². The summed E-state index contributed by atoms with van der Waals surface area (Å²) in [6, 6.07) is 7.29. The van der Waals surface area contributed by atoms with E-state index in [4.69, 9.17) is 23.7 Å². The Morgan fingerprint density at radius 1 is 0.727 bits per heavy atom. The van der Waals surface area contributed by atoms with Crippen molar-refractivity contribution in [1.29, 1.82) is 0 Å². The topological polar surface area (TPSA) is 83.5 Å². The van der Waals surface area contributed by atoms with E-state index in [0.29, 0.717) is 64.3 Å². The van der Waals surface area contributed by atoms with Crippen molar-refractivity contribution in [3.8, 4) is 23.0 Å². The molecule has 3 aromatic rings. The zero-order valence-corrected chi connectivity index (χ0v) is 19.2. The number of hydrogen-bond donors (Lipinski definition) is 0. The third-order valence-electron chi connectivity index (χ3n) is 6.76. The Bertz CT molecular complexity index is 1330. The molecule has 2 heterocycles. The molecule has 0 saturated carbocycles. The Morgan fingerprint density at radius 2 is 1.21 bits per heavy atom. The molecule has 0 bridgehead atoms. The van der Waals surface area contributed by atoms with Crippen LogP contribution in [0.2, 0.25) is 0 Å². The van der Waals surface area contributed by atoms with Gasteiger partial charge in [0.25, 0.3) is 5.91 Å². The van der Waals surface area contributed by atoms with E-state index < -0.39 is 5.72 Å². The fourth-order valence-electron chi connectivity index (χ4n) is 5.32. The zero-order chi connectivity index (χ0) is 23.5. The van der Waals surface area contributed by atoms with Gasteiger partial charge in [-0.1, -0.05) is 0 Å². The van der Waals surface area contributed by atoms with Gasteiger partial charge in [-0.05, 0) is 52.2 Å². The second kappa shape index (κ2) is 7.52. The number of ether oxygens (including phenoxy) is 5. The summed E-state index contributed by atoms with van der Waals surface area (Å²) >= 11 is 0. The van der Waals surface area contributed by atoms with Crippen LogP contribution in [-0.2, 0) is 15.3 Å². The van der Waals surface area contributed by atoms with Crippen LogP contribution in [-0.4, -0.2) is 58.7 Å². The van der Waals surface area contributed by atoms with Crippen molar-refractivity contribution in [2.45, 2.75) is 18.6 Å². The normalized spacial score (nSPS) is 19.6. The highest BCUT2D eigenvalue weighted by Crippen LogP contribution is 2.52. The first-order valence-corrected chi connectivity index (χ1v) is 10.6. The first-order chi connectivity index (χ1) is 16.0. The zero-order valence-electron chi connectivity index (χ0n) is 19.2. The summed E-state index contributed by atoms with van der Waals surface area (Å²) in [5, 5.41) is 2.90. The van der Waals surface area contributed by atoms with Crippen LogP contribution in [0.15, 0.2) is 24.3 Å². The SMILES string of the molecule is COc1cc2c3c(c4cc(OC)c(OC)cc4c2cc1OC)[C@]1(OC)C(=O)CCCN1C3=O. The lowest BCUT2D eigenvalue weighted by atomic mass is 9.85. The van der Waals surface area contributed by atoms with Crippen molar-refractivity contribution in [1.82, 2.24) is 4.90 Å². The van der Waals surface area contributed by atoms with Gasteiger partial charge in [0.05, 0.1) is 34.0 Å². The molecule has 2 aliphatic rings. The van der Waals surface area contributed by atoms with Crippen LogP contribution in [0.4, 0.5) is 0 Å². The van der Waals surface area contributed by atoms with E-state index in [1.54, 1.807) is 39.4 Å². The maximum atomic E-state index is 13.8. The quantitative estimate of drug-likeness (QED) is 0.548. The number of piperidine rings is 1. The lowest BCUT2D eigenvalue weighted by Gasteiger charge is -2.40. The number of ketones is 1. The fraction of sp³-hybridized carbons (Fsp3) is 0.360. The molecule has 8 heteroatoms. The predicted octanol–water partition coefficient (Wildman–Crippen LogP) is 3.65. The Hall–Kier alpha value is -3.52. The third-order valence-corrected chi connectivity index (χ3v) is 6.76. The van der Waals surface area contributed by atoms with Gasteiger partial charge in [-0.3, -0.25) is 14.5 Å². The molecule has 5 rings (SSSR count). The number of fused-ring (bicyclic) bond motifs is 8. The van der Waals surface area contributed by atoms with Crippen LogP contribution in [0.3, 0.4) is 0 Å². The Labute approximate surface area is 190 Å². The highest BCUT2D eigenvalue weighted by Gasteiger charge is 2.58. The second-order valence-electron chi connectivity index (χ2n) is 8.09. The van der Waals surface area contributed by atoms with E-state index in [9.17, 15) is 9.59 Å². The summed E-state index contributed by atoms with van der Waals surface area (Å²) in [6.45, 7) is 0.427. The molecule has 172 valence electrons. The molecule has 3 aromatic carbocycles. The van der Waals surface area contributed by atoms with E-state index in [0.717, 1.165) is 10.8 Å². The van der Waals surface area contributed by atoms with Crippen LogP contribution in [0.5, 0.6) is 23.0 Å². The largest absolute Gasteiger partial charge is 0.493 e.